The van der Waals surface area contributed by atoms with Gasteiger partial charge in [0.05, 0.1) is 18.0 Å². The van der Waals surface area contributed by atoms with Gasteiger partial charge in [0.15, 0.2) is 0 Å². The lowest BCUT2D eigenvalue weighted by molar-refractivity contribution is 0.340. The third-order valence-corrected chi connectivity index (χ3v) is 3.63. The standard InChI is InChI=1S/C13H22N2O3S/c1-4-18-13-7-5-6-12(10-13)15-19(16,17)9-8-14-11(2)3/h5-7,10-11,14-15H,4,8-9H2,1-3H3. The molecule has 0 fully saturated rings. The Morgan fingerprint density at radius 3 is 2.68 bits per heavy atom. The fourth-order valence-corrected chi connectivity index (χ4v) is 2.50. The summed E-state index contributed by atoms with van der Waals surface area (Å²) in [5, 5.41) is 3.08. The smallest absolute Gasteiger partial charge is 0.233 e. The van der Waals surface area contributed by atoms with Crippen LogP contribution in [0.5, 0.6) is 5.75 Å². The van der Waals surface area contributed by atoms with Crippen molar-refractivity contribution >= 4 is 15.7 Å². The molecule has 0 aliphatic rings. The molecule has 1 aromatic carbocycles. The van der Waals surface area contributed by atoms with Gasteiger partial charge >= 0.3 is 0 Å². The summed E-state index contributed by atoms with van der Waals surface area (Å²) in [6.45, 7) is 6.82. The second-order valence-corrected chi connectivity index (χ2v) is 6.33. The van der Waals surface area contributed by atoms with Crippen LogP contribution in [-0.4, -0.2) is 33.4 Å². The van der Waals surface area contributed by atoms with Gasteiger partial charge in [-0.3, -0.25) is 4.72 Å². The van der Waals surface area contributed by atoms with Crippen LogP contribution in [-0.2, 0) is 10.0 Å². The van der Waals surface area contributed by atoms with Gasteiger partial charge in [0.1, 0.15) is 5.75 Å². The Bertz CT molecular complexity index is 486. The summed E-state index contributed by atoms with van der Waals surface area (Å²) in [6.07, 6.45) is 0. The quantitative estimate of drug-likeness (QED) is 0.765. The monoisotopic (exact) mass is 286 g/mol. The number of hydrogen-bond donors (Lipinski definition) is 2. The normalized spacial score (nSPS) is 11.6. The zero-order valence-electron chi connectivity index (χ0n) is 11.6. The number of rotatable bonds is 8. The molecule has 5 nitrogen and oxygen atoms in total. The summed E-state index contributed by atoms with van der Waals surface area (Å²) in [6, 6.07) is 7.21. The van der Waals surface area contributed by atoms with Crippen molar-refractivity contribution in [3.63, 3.8) is 0 Å². The molecule has 1 aromatic rings. The molecule has 0 unspecified atom stereocenters. The zero-order chi connectivity index (χ0) is 14.3. The number of sulfonamides is 1. The Morgan fingerprint density at radius 2 is 2.05 bits per heavy atom. The van der Waals surface area contributed by atoms with Crippen molar-refractivity contribution in [2.24, 2.45) is 0 Å². The largest absolute Gasteiger partial charge is 0.494 e. The highest BCUT2D eigenvalue weighted by Crippen LogP contribution is 2.18. The lowest BCUT2D eigenvalue weighted by Gasteiger charge is -2.11. The van der Waals surface area contributed by atoms with Gasteiger partial charge in [0.2, 0.25) is 10.0 Å². The molecule has 6 heteroatoms. The van der Waals surface area contributed by atoms with Crippen molar-refractivity contribution < 1.29 is 13.2 Å². The Hall–Kier alpha value is -1.27. The number of ether oxygens (including phenoxy) is 1. The van der Waals surface area contributed by atoms with Crippen LogP contribution in [0.2, 0.25) is 0 Å². The SMILES string of the molecule is CCOc1cccc(NS(=O)(=O)CCNC(C)C)c1. The highest BCUT2D eigenvalue weighted by molar-refractivity contribution is 7.92. The van der Waals surface area contributed by atoms with E-state index in [4.69, 9.17) is 4.74 Å². The summed E-state index contributed by atoms with van der Waals surface area (Å²) < 4.78 is 31.6. The van der Waals surface area contributed by atoms with Gasteiger partial charge in [-0.15, -0.1) is 0 Å². The van der Waals surface area contributed by atoms with E-state index in [0.717, 1.165) is 0 Å². The van der Waals surface area contributed by atoms with E-state index in [2.05, 4.69) is 10.0 Å². The molecule has 2 N–H and O–H groups in total. The third kappa shape index (κ3) is 6.45. The van der Waals surface area contributed by atoms with Gasteiger partial charge in [0, 0.05) is 18.7 Å². The predicted octanol–water partition coefficient (Wildman–Crippen LogP) is 1.82. The van der Waals surface area contributed by atoms with Crippen LogP contribution < -0.4 is 14.8 Å². The lowest BCUT2D eigenvalue weighted by atomic mass is 10.3. The summed E-state index contributed by atoms with van der Waals surface area (Å²) in [7, 11) is -3.33. The molecule has 0 aliphatic heterocycles. The van der Waals surface area contributed by atoms with Gasteiger partial charge in [-0.25, -0.2) is 8.42 Å². The van der Waals surface area contributed by atoms with Crippen molar-refractivity contribution in [1.29, 1.82) is 0 Å². The predicted molar refractivity (Wildman–Crippen MR) is 78.2 cm³/mol. The van der Waals surface area contributed by atoms with Crippen LogP contribution in [0, 0.1) is 0 Å². The average Bonchev–Trinajstić information content (AvgIpc) is 2.28. The van der Waals surface area contributed by atoms with Gasteiger partial charge < -0.3 is 10.1 Å². The van der Waals surface area contributed by atoms with Crippen LogP contribution in [0.4, 0.5) is 5.69 Å². The maximum Gasteiger partial charge on any atom is 0.233 e. The molecular weight excluding hydrogens is 264 g/mol. The maximum absolute atomic E-state index is 11.9. The van der Waals surface area contributed by atoms with Gasteiger partial charge in [-0.1, -0.05) is 19.9 Å². The first-order valence-electron chi connectivity index (χ1n) is 6.39. The first kappa shape index (κ1) is 15.8. The summed E-state index contributed by atoms with van der Waals surface area (Å²) >= 11 is 0. The molecule has 0 saturated heterocycles. The van der Waals surface area contributed by atoms with Crippen LogP contribution in [0.1, 0.15) is 20.8 Å². The summed E-state index contributed by atoms with van der Waals surface area (Å²) in [5.74, 6) is 0.701. The van der Waals surface area contributed by atoms with E-state index in [-0.39, 0.29) is 11.8 Å². The molecule has 0 heterocycles. The molecule has 0 atom stereocenters. The van der Waals surface area contributed by atoms with E-state index < -0.39 is 10.0 Å². The summed E-state index contributed by atoms with van der Waals surface area (Å²) in [4.78, 5) is 0. The van der Waals surface area contributed by atoms with E-state index in [1.165, 1.54) is 0 Å². The molecule has 0 bridgehead atoms. The zero-order valence-corrected chi connectivity index (χ0v) is 12.5. The molecule has 0 radical (unpaired) electrons. The number of nitrogens with one attached hydrogen (secondary N) is 2. The Morgan fingerprint density at radius 1 is 1.32 bits per heavy atom. The fourth-order valence-electron chi connectivity index (χ4n) is 1.53. The molecule has 108 valence electrons. The van der Waals surface area contributed by atoms with Crippen LogP contribution in [0.25, 0.3) is 0 Å². The van der Waals surface area contributed by atoms with E-state index >= 15 is 0 Å². The van der Waals surface area contributed by atoms with Gasteiger partial charge in [0.25, 0.3) is 0 Å². The summed E-state index contributed by atoms with van der Waals surface area (Å²) in [5.41, 5.74) is 0.524. The molecule has 1 rings (SSSR count). The van der Waals surface area contributed by atoms with Gasteiger partial charge in [-0.05, 0) is 19.1 Å². The van der Waals surface area contributed by atoms with Crippen molar-refractivity contribution in [3.8, 4) is 5.75 Å². The van der Waals surface area contributed by atoms with E-state index in [1.54, 1.807) is 24.3 Å². The minimum atomic E-state index is -3.33. The highest BCUT2D eigenvalue weighted by Gasteiger charge is 2.10. The van der Waals surface area contributed by atoms with E-state index in [9.17, 15) is 8.42 Å². The van der Waals surface area contributed by atoms with Crippen LogP contribution in [0.15, 0.2) is 24.3 Å². The Kier molecular flexibility index (Phi) is 6.11. The van der Waals surface area contributed by atoms with E-state index in [0.29, 0.717) is 24.6 Å². The first-order chi connectivity index (χ1) is 8.93. The molecule has 19 heavy (non-hydrogen) atoms. The highest BCUT2D eigenvalue weighted by atomic mass is 32.2. The third-order valence-electron chi connectivity index (χ3n) is 2.34. The molecule has 0 amide bonds. The van der Waals surface area contributed by atoms with Crippen LogP contribution >= 0.6 is 0 Å². The topological polar surface area (TPSA) is 67.4 Å². The van der Waals surface area contributed by atoms with Crippen molar-refractivity contribution in [2.75, 3.05) is 23.6 Å². The molecule has 0 saturated carbocycles. The second kappa shape index (κ2) is 7.35. The van der Waals surface area contributed by atoms with E-state index in [1.807, 2.05) is 20.8 Å². The van der Waals surface area contributed by atoms with Crippen molar-refractivity contribution in [2.45, 2.75) is 26.8 Å². The fraction of sp³-hybridized carbons (Fsp3) is 0.538. The van der Waals surface area contributed by atoms with Gasteiger partial charge in [-0.2, -0.15) is 0 Å². The molecule has 0 aromatic heterocycles. The second-order valence-electron chi connectivity index (χ2n) is 4.49. The maximum atomic E-state index is 11.9. The number of anilines is 1. The van der Waals surface area contributed by atoms with Crippen molar-refractivity contribution in [1.82, 2.24) is 5.32 Å². The van der Waals surface area contributed by atoms with Crippen LogP contribution in [0.3, 0.4) is 0 Å². The molecule has 0 spiro atoms. The molecule has 0 aliphatic carbocycles. The Balaban J connectivity index is 2.59. The average molecular weight is 286 g/mol. The minimum Gasteiger partial charge on any atom is -0.494 e. The van der Waals surface area contributed by atoms with Crippen molar-refractivity contribution in [3.05, 3.63) is 24.3 Å². The molecular formula is C13H22N2O3S. The minimum absolute atomic E-state index is 0.0457. The number of hydrogen-bond acceptors (Lipinski definition) is 4. The lowest BCUT2D eigenvalue weighted by Crippen LogP contribution is -2.30. The Labute approximate surface area is 115 Å². The number of benzene rings is 1. The first-order valence-corrected chi connectivity index (χ1v) is 8.05.